The summed E-state index contributed by atoms with van der Waals surface area (Å²) in [6.45, 7) is 2.00. The molecule has 1 unspecified atom stereocenters. The van der Waals surface area contributed by atoms with Gasteiger partial charge in [0.1, 0.15) is 5.54 Å². The van der Waals surface area contributed by atoms with Crippen LogP contribution >= 0.6 is 23.4 Å². The van der Waals surface area contributed by atoms with Crippen LogP contribution in [0.2, 0.25) is 5.02 Å². The third-order valence-corrected chi connectivity index (χ3v) is 5.40. The lowest BCUT2D eigenvalue weighted by molar-refractivity contribution is -0.148. The van der Waals surface area contributed by atoms with E-state index in [1.54, 1.807) is 11.8 Å². The number of amides is 1. The number of halogens is 1. The Labute approximate surface area is 146 Å². The molecule has 1 aliphatic heterocycles. The molecule has 6 heteroatoms. The zero-order chi connectivity index (χ0) is 16.9. The van der Waals surface area contributed by atoms with Crippen LogP contribution in [0.15, 0.2) is 24.3 Å². The molecule has 1 amide bonds. The maximum absolute atomic E-state index is 12.3. The van der Waals surface area contributed by atoms with E-state index in [4.69, 9.17) is 11.6 Å². The molecule has 0 aliphatic carbocycles. The van der Waals surface area contributed by atoms with Crippen molar-refractivity contribution >= 4 is 35.2 Å². The highest BCUT2D eigenvalue weighted by Crippen LogP contribution is 2.28. The normalized spacial score (nSPS) is 18.2. The molecule has 1 aliphatic rings. The first-order valence-electron chi connectivity index (χ1n) is 7.78. The molecule has 2 rings (SSSR count). The minimum atomic E-state index is -1.08. The Morgan fingerprint density at radius 3 is 2.48 bits per heavy atom. The van der Waals surface area contributed by atoms with Crippen LogP contribution in [0, 0.1) is 5.92 Å². The number of nitrogens with one attached hydrogen (secondary N) is 1. The van der Waals surface area contributed by atoms with Crippen molar-refractivity contribution in [2.24, 2.45) is 5.92 Å². The summed E-state index contributed by atoms with van der Waals surface area (Å²) in [5.74, 6) is 0.581. The zero-order valence-corrected chi connectivity index (χ0v) is 14.8. The highest BCUT2D eigenvalue weighted by molar-refractivity contribution is 7.99. The van der Waals surface area contributed by atoms with Crippen LogP contribution in [0.5, 0.6) is 0 Å². The van der Waals surface area contributed by atoms with Gasteiger partial charge in [0.15, 0.2) is 0 Å². The van der Waals surface area contributed by atoms with Crippen molar-refractivity contribution in [3.05, 3.63) is 34.9 Å². The van der Waals surface area contributed by atoms with Crippen LogP contribution in [0.1, 0.15) is 31.7 Å². The maximum Gasteiger partial charge on any atom is 0.329 e. The third kappa shape index (κ3) is 5.15. The predicted octanol–water partition coefficient (Wildman–Crippen LogP) is 3.38. The van der Waals surface area contributed by atoms with Gasteiger partial charge < -0.3 is 10.4 Å². The summed E-state index contributed by atoms with van der Waals surface area (Å²) in [6.07, 6.45) is 2.07. The molecule has 0 bridgehead atoms. The van der Waals surface area contributed by atoms with Gasteiger partial charge in [0.25, 0.3) is 0 Å². The summed E-state index contributed by atoms with van der Waals surface area (Å²) in [6, 6.07) is 7.58. The second-order valence-corrected chi connectivity index (χ2v) is 7.85. The largest absolute Gasteiger partial charge is 0.480 e. The lowest BCUT2D eigenvalue weighted by Gasteiger charge is -2.34. The van der Waals surface area contributed by atoms with Gasteiger partial charge in [0, 0.05) is 11.4 Å². The minimum absolute atomic E-state index is 0.139. The van der Waals surface area contributed by atoms with Crippen LogP contribution in [0.25, 0.3) is 0 Å². The van der Waals surface area contributed by atoms with Crippen LogP contribution in [-0.4, -0.2) is 34.0 Å². The van der Waals surface area contributed by atoms with E-state index in [2.05, 4.69) is 5.32 Å². The third-order valence-electron chi connectivity index (χ3n) is 4.17. The standard InChI is InChI=1S/C17H22ClNO3S/c1-12(10-13-2-4-14(18)5-3-13)11-15(20)19-17(16(21)22)6-8-23-9-7-17/h2-5,12H,6-11H2,1H3,(H,19,20)(H,21,22). The molecule has 0 spiro atoms. The summed E-state index contributed by atoms with van der Waals surface area (Å²) in [7, 11) is 0. The van der Waals surface area contributed by atoms with Crippen molar-refractivity contribution in [3.8, 4) is 0 Å². The Morgan fingerprint density at radius 1 is 1.30 bits per heavy atom. The fraction of sp³-hybridized carbons (Fsp3) is 0.529. The molecule has 1 aromatic rings. The second-order valence-electron chi connectivity index (χ2n) is 6.19. The summed E-state index contributed by atoms with van der Waals surface area (Å²) < 4.78 is 0. The average molecular weight is 356 g/mol. The fourth-order valence-corrected chi connectivity index (χ4v) is 4.16. The number of rotatable bonds is 6. The van der Waals surface area contributed by atoms with E-state index >= 15 is 0 Å². The number of benzene rings is 1. The molecular weight excluding hydrogens is 334 g/mol. The van der Waals surface area contributed by atoms with E-state index in [0.717, 1.165) is 23.5 Å². The van der Waals surface area contributed by atoms with Crippen LogP contribution < -0.4 is 5.32 Å². The molecule has 1 aromatic carbocycles. The molecule has 4 nitrogen and oxygen atoms in total. The number of carboxylic acids is 1. The van der Waals surface area contributed by atoms with E-state index in [1.165, 1.54) is 0 Å². The summed E-state index contributed by atoms with van der Waals surface area (Å²) >= 11 is 7.60. The van der Waals surface area contributed by atoms with Crippen LogP contribution in [0.4, 0.5) is 0 Å². The van der Waals surface area contributed by atoms with Crippen molar-refractivity contribution in [1.29, 1.82) is 0 Å². The van der Waals surface area contributed by atoms with Gasteiger partial charge in [-0.05, 0) is 54.4 Å². The summed E-state index contributed by atoms with van der Waals surface area (Å²) in [4.78, 5) is 23.9. The topological polar surface area (TPSA) is 66.4 Å². The molecule has 126 valence electrons. The number of carboxylic acid groups (broad SMARTS) is 1. The first-order valence-corrected chi connectivity index (χ1v) is 9.31. The summed E-state index contributed by atoms with van der Waals surface area (Å²) in [5.41, 5.74) is 0.0409. The van der Waals surface area contributed by atoms with Gasteiger partial charge in [-0.2, -0.15) is 11.8 Å². The van der Waals surface area contributed by atoms with Gasteiger partial charge in [0.2, 0.25) is 5.91 Å². The quantitative estimate of drug-likeness (QED) is 0.821. The van der Waals surface area contributed by atoms with E-state index in [-0.39, 0.29) is 11.8 Å². The van der Waals surface area contributed by atoms with E-state index in [0.29, 0.717) is 24.3 Å². The number of hydrogen-bond donors (Lipinski definition) is 2. The molecule has 23 heavy (non-hydrogen) atoms. The van der Waals surface area contributed by atoms with Crippen molar-refractivity contribution in [2.45, 2.75) is 38.1 Å². The highest BCUT2D eigenvalue weighted by Gasteiger charge is 2.41. The maximum atomic E-state index is 12.3. The highest BCUT2D eigenvalue weighted by atomic mass is 35.5. The molecule has 1 heterocycles. The Bertz CT molecular complexity index is 555. The molecule has 0 saturated carbocycles. The SMILES string of the molecule is CC(CC(=O)NC1(C(=O)O)CCSCC1)Cc1ccc(Cl)cc1. The van der Waals surface area contributed by atoms with Crippen LogP contribution in [-0.2, 0) is 16.0 Å². The molecule has 1 saturated heterocycles. The number of thioether (sulfide) groups is 1. The lowest BCUT2D eigenvalue weighted by Crippen LogP contribution is -2.56. The van der Waals surface area contributed by atoms with E-state index < -0.39 is 11.5 Å². The zero-order valence-electron chi connectivity index (χ0n) is 13.2. The van der Waals surface area contributed by atoms with E-state index in [9.17, 15) is 14.7 Å². The predicted molar refractivity (Wildman–Crippen MR) is 94.0 cm³/mol. The van der Waals surface area contributed by atoms with Gasteiger partial charge >= 0.3 is 5.97 Å². The monoisotopic (exact) mass is 355 g/mol. The molecule has 0 radical (unpaired) electrons. The van der Waals surface area contributed by atoms with Crippen molar-refractivity contribution in [2.75, 3.05) is 11.5 Å². The van der Waals surface area contributed by atoms with Crippen molar-refractivity contribution < 1.29 is 14.7 Å². The average Bonchev–Trinajstić information content (AvgIpc) is 2.50. The molecular formula is C17H22ClNO3S. The minimum Gasteiger partial charge on any atom is -0.480 e. The molecule has 1 atom stereocenters. The van der Waals surface area contributed by atoms with Crippen molar-refractivity contribution in [1.82, 2.24) is 5.32 Å². The molecule has 0 aromatic heterocycles. The second kappa shape index (κ2) is 8.06. The van der Waals surface area contributed by atoms with Crippen molar-refractivity contribution in [3.63, 3.8) is 0 Å². The number of carbonyl (C=O) groups is 2. The lowest BCUT2D eigenvalue weighted by atomic mass is 9.91. The smallest absolute Gasteiger partial charge is 0.329 e. The first kappa shape index (κ1) is 18.1. The Balaban J connectivity index is 1.89. The van der Waals surface area contributed by atoms with Gasteiger partial charge in [0.05, 0.1) is 0 Å². The molecule has 1 fully saturated rings. The molecule has 2 N–H and O–H groups in total. The number of hydrogen-bond acceptors (Lipinski definition) is 3. The van der Waals surface area contributed by atoms with Gasteiger partial charge in [-0.25, -0.2) is 4.79 Å². The Hall–Kier alpha value is -1.20. The number of aliphatic carboxylic acids is 1. The number of carbonyl (C=O) groups excluding carboxylic acids is 1. The summed E-state index contributed by atoms with van der Waals surface area (Å²) in [5, 5.41) is 13.0. The van der Waals surface area contributed by atoms with Crippen LogP contribution in [0.3, 0.4) is 0 Å². The Kier molecular flexibility index (Phi) is 6.36. The first-order chi connectivity index (χ1) is 10.9. The van der Waals surface area contributed by atoms with Gasteiger partial charge in [-0.1, -0.05) is 30.7 Å². The van der Waals surface area contributed by atoms with Gasteiger partial charge in [-0.3, -0.25) is 4.79 Å². The van der Waals surface area contributed by atoms with Gasteiger partial charge in [-0.15, -0.1) is 0 Å². The Morgan fingerprint density at radius 2 is 1.91 bits per heavy atom. The van der Waals surface area contributed by atoms with E-state index in [1.807, 2.05) is 31.2 Å². The fourth-order valence-electron chi connectivity index (χ4n) is 2.84.